The van der Waals surface area contributed by atoms with Gasteiger partial charge < -0.3 is 4.90 Å². The van der Waals surface area contributed by atoms with Gasteiger partial charge in [-0.05, 0) is 55.2 Å². The number of nitrogens with zero attached hydrogens (tertiary/aromatic N) is 3. The van der Waals surface area contributed by atoms with Gasteiger partial charge in [-0.15, -0.1) is 10.2 Å². The molecule has 8 heteroatoms. The van der Waals surface area contributed by atoms with E-state index >= 15 is 0 Å². The van der Waals surface area contributed by atoms with Crippen LogP contribution in [-0.2, 0) is 10.0 Å². The molecule has 156 valence electrons. The van der Waals surface area contributed by atoms with Gasteiger partial charge in [0.25, 0.3) is 10.0 Å². The maximum Gasteiger partial charge on any atom is 0.264 e. The molecule has 1 N–H and O–H groups in total. The molecule has 1 fully saturated rings. The third-order valence-corrected chi connectivity index (χ3v) is 6.73. The molecule has 0 saturated carbocycles. The van der Waals surface area contributed by atoms with Crippen molar-refractivity contribution in [1.82, 2.24) is 10.2 Å². The topological polar surface area (TPSA) is 75.2 Å². The van der Waals surface area contributed by atoms with Gasteiger partial charge in [0.15, 0.2) is 5.82 Å². The van der Waals surface area contributed by atoms with Crippen LogP contribution in [0.15, 0.2) is 65.6 Å². The number of rotatable bonds is 5. The summed E-state index contributed by atoms with van der Waals surface area (Å²) in [6, 6.07) is 15.9. The van der Waals surface area contributed by atoms with Crippen LogP contribution in [0.1, 0.15) is 19.8 Å². The molecule has 0 amide bonds. The van der Waals surface area contributed by atoms with Crippen LogP contribution in [0.25, 0.3) is 11.3 Å². The monoisotopic (exact) mass is 426 g/mol. The third-order valence-electron chi connectivity index (χ3n) is 5.32. The standard InChI is InChI=1S/C22H23FN4O2S/c1-16-12-14-27(15-13-16)22-11-10-20(24-25-22)17-6-8-18(9-7-17)26-30(28,29)21-5-3-2-4-19(21)23/h2-11,16,26H,12-15H2,1H3. The van der Waals surface area contributed by atoms with Crippen molar-refractivity contribution >= 4 is 21.5 Å². The number of anilines is 2. The number of nitrogens with one attached hydrogen (secondary N) is 1. The maximum atomic E-state index is 13.8. The molecule has 0 radical (unpaired) electrons. The van der Waals surface area contributed by atoms with Gasteiger partial charge in [-0.3, -0.25) is 4.72 Å². The van der Waals surface area contributed by atoms with Crippen LogP contribution < -0.4 is 9.62 Å². The van der Waals surface area contributed by atoms with Gasteiger partial charge in [-0.1, -0.05) is 31.2 Å². The summed E-state index contributed by atoms with van der Waals surface area (Å²) in [6.45, 7) is 4.25. The molecule has 0 spiro atoms. The Morgan fingerprint density at radius 2 is 1.67 bits per heavy atom. The molecular weight excluding hydrogens is 403 g/mol. The van der Waals surface area contributed by atoms with E-state index in [2.05, 4.69) is 26.7 Å². The van der Waals surface area contributed by atoms with E-state index in [1.54, 1.807) is 24.3 Å². The van der Waals surface area contributed by atoms with Gasteiger partial charge in [0, 0.05) is 24.3 Å². The second-order valence-electron chi connectivity index (χ2n) is 7.56. The van der Waals surface area contributed by atoms with Crippen LogP contribution >= 0.6 is 0 Å². The fraction of sp³-hybridized carbons (Fsp3) is 0.273. The van der Waals surface area contributed by atoms with Crippen molar-refractivity contribution in [1.29, 1.82) is 0 Å². The van der Waals surface area contributed by atoms with Gasteiger partial charge >= 0.3 is 0 Å². The molecule has 1 aromatic heterocycles. The summed E-state index contributed by atoms with van der Waals surface area (Å²) in [5, 5.41) is 8.68. The average molecular weight is 427 g/mol. The summed E-state index contributed by atoms with van der Waals surface area (Å²) < 4.78 is 41.0. The Hall–Kier alpha value is -3.00. The molecular formula is C22H23FN4O2S. The van der Waals surface area contributed by atoms with Crippen molar-refractivity contribution in [3.8, 4) is 11.3 Å². The van der Waals surface area contributed by atoms with Gasteiger partial charge in [0.1, 0.15) is 10.7 Å². The summed E-state index contributed by atoms with van der Waals surface area (Å²) in [6.07, 6.45) is 2.32. The molecule has 1 aliphatic rings. The molecule has 0 unspecified atom stereocenters. The lowest BCUT2D eigenvalue weighted by molar-refractivity contribution is 0.436. The number of hydrogen-bond donors (Lipinski definition) is 1. The Balaban J connectivity index is 1.46. The van der Waals surface area contributed by atoms with Crippen LogP contribution in [0.3, 0.4) is 0 Å². The number of halogens is 1. The minimum absolute atomic E-state index is 0.342. The van der Waals surface area contributed by atoms with E-state index in [4.69, 9.17) is 0 Å². The van der Waals surface area contributed by atoms with Crippen LogP contribution in [0.4, 0.5) is 15.9 Å². The van der Waals surface area contributed by atoms with Crippen LogP contribution in [0.2, 0.25) is 0 Å². The van der Waals surface area contributed by atoms with Crippen LogP contribution in [0.5, 0.6) is 0 Å². The van der Waals surface area contributed by atoms with E-state index in [0.717, 1.165) is 49.3 Å². The molecule has 4 rings (SSSR count). The third kappa shape index (κ3) is 4.43. The van der Waals surface area contributed by atoms with Crippen molar-refractivity contribution in [3.05, 3.63) is 66.5 Å². The number of hydrogen-bond acceptors (Lipinski definition) is 5. The number of piperidine rings is 1. The number of aromatic nitrogens is 2. The first-order valence-electron chi connectivity index (χ1n) is 9.89. The van der Waals surface area contributed by atoms with Gasteiger partial charge in [0.2, 0.25) is 0 Å². The lowest BCUT2D eigenvalue weighted by Gasteiger charge is -2.30. The Kier molecular flexibility index (Phi) is 5.67. The first-order chi connectivity index (χ1) is 14.4. The minimum Gasteiger partial charge on any atom is -0.355 e. The highest BCUT2D eigenvalue weighted by Crippen LogP contribution is 2.25. The zero-order valence-electron chi connectivity index (χ0n) is 16.6. The molecule has 30 heavy (non-hydrogen) atoms. The van der Waals surface area contributed by atoms with E-state index in [-0.39, 0.29) is 4.90 Å². The Morgan fingerprint density at radius 3 is 2.30 bits per heavy atom. The van der Waals surface area contributed by atoms with E-state index in [9.17, 15) is 12.8 Å². The molecule has 1 aliphatic heterocycles. The summed E-state index contributed by atoms with van der Waals surface area (Å²) >= 11 is 0. The molecule has 6 nitrogen and oxygen atoms in total. The molecule has 1 saturated heterocycles. The molecule has 2 heterocycles. The lowest BCUT2D eigenvalue weighted by atomic mass is 9.99. The van der Waals surface area contributed by atoms with Crippen molar-refractivity contribution < 1.29 is 12.8 Å². The molecule has 0 bridgehead atoms. The first kappa shape index (κ1) is 20.3. The van der Waals surface area contributed by atoms with E-state index in [0.29, 0.717) is 11.4 Å². The van der Waals surface area contributed by atoms with Crippen molar-refractivity contribution in [3.63, 3.8) is 0 Å². The molecule has 0 atom stereocenters. The van der Waals surface area contributed by atoms with Crippen molar-refractivity contribution in [2.75, 3.05) is 22.7 Å². The van der Waals surface area contributed by atoms with Gasteiger partial charge in [-0.25, -0.2) is 12.8 Å². The van der Waals surface area contributed by atoms with Gasteiger partial charge in [-0.2, -0.15) is 0 Å². The number of benzene rings is 2. The highest BCUT2D eigenvalue weighted by atomic mass is 32.2. The van der Waals surface area contributed by atoms with Crippen molar-refractivity contribution in [2.45, 2.75) is 24.7 Å². The van der Waals surface area contributed by atoms with Crippen LogP contribution in [-0.4, -0.2) is 31.7 Å². The highest BCUT2D eigenvalue weighted by Gasteiger charge is 2.19. The molecule has 3 aromatic rings. The SMILES string of the molecule is CC1CCN(c2ccc(-c3ccc(NS(=O)(=O)c4ccccc4F)cc3)nn2)CC1. The summed E-state index contributed by atoms with van der Waals surface area (Å²) in [5.41, 5.74) is 1.86. The Labute approximate surface area is 175 Å². The first-order valence-corrected chi connectivity index (χ1v) is 11.4. The maximum absolute atomic E-state index is 13.8. The van der Waals surface area contributed by atoms with E-state index < -0.39 is 15.8 Å². The zero-order valence-corrected chi connectivity index (χ0v) is 17.4. The fourth-order valence-electron chi connectivity index (χ4n) is 3.47. The smallest absolute Gasteiger partial charge is 0.264 e. The largest absolute Gasteiger partial charge is 0.355 e. The lowest BCUT2D eigenvalue weighted by Crippen LogP contribution is -2.33. The van der Waals surface area contributed by atoms with Crippen molar-refractivity contribution in [2.24, 2.45) is 5.92 Å². The van der Waals surface area contributed by atoms with Crippen LogP contribution in [0, 0.1) is 11.7 Å². The quantitative estimate of drug-likeness (QED) is 0.658. The second-order valence-corrected chi connectivity index (χ2v) is 9.21. The Morgan fingerprint density at radius 1 is 0.967 bits per heavy atom. The predicted octanol–water partition coefficient (Wildman–Crippen LogP) is 4.32. The van der Waals surface area contributed by atoms with Gasteiger partial charge in [0.05, 0.1) is 5.69 Å². The zero-order chi connectivity index (χ0) is 21.1. The highest BCUT2D eigenvalue weighted by molar-refractivity contribution is 7.92. The number of sulfonamides is 1. The minimum atomic E-state index is -4.00. The van der Waals surface area contributed by atoms with E-state index in [1.807, 2.05) is 12.1 Å². The fourth-order valence-corrected chi connectivity index (χ4v) is 4.61. The summed E-state index contributed by atoms with van der Waals surface area (Å²) in [5.74, 6) is 0.836. The molecule has 0 aliphatic carbocycles. The summed E-state index contributed by atoms with van der Waals surface area (Å²) in [7, 11) is -4.00. The normalized spacial score (nSPS) is 15.2. The average Bonchev–Trinajstić information content (AvgIpc) is 2.75. The Bertz CT molecular complexity index is 1110. The van der Waals surface area contributed by atoms with E-state index in [1.165, 1.54) is 18.2 Å². The summed E-state index contributed by atoms with van der Waals surface area (Å²) in [4.78, 5) is 1.86. The predicted molar refractivity (Wildman–Crippen MR) is 115 cm³/mol. The second kappa shape index (κ2) is 8.39. The molecule has 2 aromatic carbocycles.